The minimum absolute atomic E-state index is 0.127. The van der Waals surface area contributed by atoms with Crippen LogP contribution in [0, 0.1) is 11.2 Å². The fourth-order valence-electron chi connectivity index (χ4n) is 1.50. The molecule has 0 spiro atoms. The molecule has 0 aliphatic heterocycles. The molecule has 98 valence electrons. The number of nitrogens with two attached hydrogens (primary N) is 1. The van der Waals surface area contributed by atoms with Crippen LogP contribution >= 0.6 is 23.4 Å². The molecule has 19 heavy (non-hydrogen) atoms. The minimum atomic E-state index is -0.448. The number of nitrogen functional groups attached to an aromatic ring is 1. The van der Waals surface area contributed by atoms with Gasteiger partial charge in [0, 0.05) is 11.9 Å². The zero-order valence-corrected chi connectivity index (χ0v) is 11.4. The van der Waals surface area contributed by atoms with Gasteiger partial charge in [0.15, 0.2) is 0 Å². The van der Waals surface area contributed by atoms with E-state index in [4.69, 9.17) is 22.7 Å². The van der Waals surface area contributed by atoms with Crippen LogP contribution in [0.3, 0.4) is 0 Å². The molecule has 1 aromatic carbocycles. The Balaban J connectivity index is 2.13. The number of benzene rings is 1. The highest BCUT2D eigenvalue weighted by atomic mass is 35.5. The summed E-state index contributed by atoms with van der Waals surface area (Å²) in [4.78, 5) is 4.12. The normalized spacial score (nSPS) is 10.4. The first kappa shape index (κ1) is 13.8. The van der Waals surface area contributed by atoms with Crippen molar-refractivity contribution in [1.82, 2.24) is 4.98 Å². The van der Waals surface area contributed by atoms with Gasteiger partial charge in [-0.25, -0.2) is 9.37 Å². The summed E-state index contributed by atoms with van der Waals surface area (Å²) in [5, 5.41) is 8.62. The standard InChI is InChI=1S/C13H11ClFN3S/c14-9-4-5-11(18-6-9)19-7-8-2-1-3-10(12(8)15)13(16)17/h1-6H,7H2,(H3,16,17). The molecule has 0 saturated heterocycles. The number of aromatic nitrogens is 1. The van der Waals surface area contributed by atoms with E-state index in [1.807, 2.05) is 0 Å². The topological polar surface area (TPSA) is 62.8 Å². The van der Waals surface area contributed by atoms with Gasteiger partial charge in [0.05, 0.1) is 15.6 Å². The monoisotopic (exact) mass is 295 g/mol. The Morgan fingerprint density at radius 1 is 1.37 bits per heavy atom. The number of halogens is 2. The van der Waals surface area contributed by atoms with E-state index in [1.165, 1.54) is 17.8 Å². The first-order chi connectivity index (χ1) is 9.08. The first-order valence-corrected chi connectivity index (χ1v) is 6.80. The Labute approximate surface area is 119 Å². The molecule has 1 heterocycles. The van der Waals surface area contributed by atoms with Gasteiger partial charge in [0.25, 0.3) is 0 Å². The molecule has 0 fully saturated rings. The number of pyridine rings is 1. The first-order valence-electron chi connectivity index (χ1n) is 5.44. The third-order valence-corrected chi connectivity index (χ3v) is 3.66. The second-order valence-corrected chi connectivity index (χ2v) is 5.23. The van der Waals surface area contributed by atoms with Crippen LogP contribution in [0.5, 0.6) is 0 Å². The van der Waals surface area contributed by atoms with Crippen molar-refractivity contribution in [3.05, 3.63) is 58.5 Å². The van der Waals surface area contributed by atoms with Crippen LogP contribution in [0.2, 0.25) is 5.02 Å². The number of hydrogen-bond donors (Lipinski definition) is 2. The van der Waals surface area contributed by atoms with Crippen molar-refractivity contribution in [1.29, 1.82) is 5.41 Å². The Morgan fingerprint density at radius 2 is 2.16 bits per heavy atom. The maximum absolute atomic E-state index is 14.0. The van der Waals surface area contributed by atoms with Crippen LogP contribution in [-0.4, -0.2) is 10.8 Å². The molecule has 0 bridgehead atoms. The third kappa shape index (κ3) is 3.45. The highest BCUT2D eigenvalue weighted by Crippen LogP contribution is 2.24. The average Bonchev–Trinajstić information content (AvgIpc) is 2.39. The molecule has 2 aromatic rings. The van der Waals surface area contributed by atoms with Gasteiger partial charge < -0.3 is 5.73 Å². The summed E-state index contributed by atoms with van der Waals surface area (Å²) in [6.45, 7) is 0. The van der Waals surface area contributed by atoms with Gasteiger partial charge in [-0.05, 0) is 23.8 Å². The predicted octanol–water partition coefficient (Wildman–Crippen LogP) is 3.45. The van der Waals surface area contributed by atoms with E-state index < -0.39 is 5.82 Å². The molecular weight excluding hydrogens is 285 g/mol. The second-order valence-electron chi connectivity index (χ2n) is 3.80. The van der Waals surface area contributed by atoms with Gasteiger partial charge in [-0.1, -0.05) is 23.7 Å². The molecule has 0 radical (unpaired) electrons. The van der Waals surface area contributed by atoms with Crippen LogP contribution in [-0.2, 0) is 5.75 Å². The highest BCUT2D eigenvalue weighted by molar-refractivity contribution is 7.98. The number of thioether (sulfide) groups is 1. The Bertz CT molecular complexity index is 601. The van der Waals surface area contributed by atoms with E-state index in [1.54, 1.807) is 30.5 Å². The molecule has 1 aromatic heterocycles. The Morgan fingerprint density at radius 3 is 2.79 bits per heavy atom. The summed E-state index contributed by atoms with van der Waals surface area (Å²) in [6, 6.07) is 8.36. The average molecular weight is 296 g/mol. The van der Waals surface area contributed by atoms with Crippen molar-refractivity contribution in [2.45, 2.75) is 10.8 Å². The molecule has 0 unspecified atom stereocenters. The zero-order valence-electron chi connectivity index (χ0n) is 9.86. The summed E-state index contributed by atoms with van der Waals surface area (Å²) in [5.74, 6) is -0.299. The maximum Gasteiger partial charge on any atom is 0.138 e. The lowest BCUT2D eigenvalue weighted by Crippen LogP contribution is -2.14. The molecule has 0 aliphatic rings. The zero-order chi connectivity index (χ0) is 13.8. The molecule has 3 nitrogen and oxygen atoms in total. The van der Waals surface area contributed by atoms with Crippen molar-refractivity contribution in [3.63, 3.8) is 0 Å². The van der Waals surface area contributed by atoms with Crippen molar-refractivity contribution in [2.24, 2.45) is 5.73 Å². The van der Waals surface area contributed by atoms with Gasteiger partial charge >= 0.3 is 0 Å². The number of nitrogens with zero attached hydrogens (tertiary/aromatic N) is 1. The molecular formula is C13H11ClFN3S. The number of rotatable bonds is 4. The van der Waals surface area contributed by atoms with E-state index in [-0.39, 0.29) is 11.4 Å². The van der Waals surface area contributed by atoms with Crippen LogP contribution in [0.15, 0.2) is 41.6 Å². The lowest BCUT2D eigenvalue weighted by atomic mass is 10.1. The summed E-state index contributed by atoms with van der Waals surface area (Å²) < 4.78 is 14.0. The minimum Gasteiger partial charge on any atom is -0.384 e. The van der Waals surface area contributed by atoms with Crippen molar-refractivity contribution >= 4 is 29.2 Å². The smallest absolute Gasteiger partial charge is 0.138 e. The van der Waals surface area contributed by atoms with E-state index in [9.17, 15) is 4.39 Å². The lowest BCUT2D eigenvalue weighted by Gasteiger charge is -2.06. The highest BCUT2D eigenvalue weighted by Gasteiger charge is 2.10. The van der Waals surface area contributed by atoms with Crippen LogP contribution < -0.4 is 5.73 Å². The number of hydrogen-bond acceptors (Lipinski definition) is 3. The largest absolute Gasteiger partial charge is 0.384 e. The predicted molar refractivity (Wildman–Crippen MR) is 76.2 cm³/mol. The van der Waals surface area contributed by atoms with E-state index in [2.05, 4.69) is 4.98 Å². The molecule has 2 rings (SSSR count). The fraction of sp³-hybridized carbons (Fsp3) is 0.0769. The molecule has 0 amide bonds. The van der Waals surface area contributed by atoms with E-state index in [0.717, 1.165) is 5.03 Å². The number of nitrogens with one attached hydrogen (secondary N) is 1. The van der Waals surface area contributed by atoms with Crippen LogP contribution in [0.25, 0.3) is 0 Å². The molecule has 0 atom stereocenters. The Hall–Kier alpha value is -1.59. The summed E-state index contributed by atoms with van der Waals surface area (Å²) >= 11 is 7.14. The SMILES string of the molecule is N=C(N)c1cccc(CSc2ccc(Cl)cn2)c1F. The second kappa shape index (κ2) is 6.04. The van der Waals surface area contributed by atoms with Gasteiger partial charge in [-0.2, -0.15) is 0 Å². The summed E-state index contributed by atoms with van der Waals surface area (Å²) in [5.41, 5.74) is 5.94. The Kier molecular flexibility index (Phi) is 4.39. The molecule has 0 saturated carbocycles. The summed E-state index contributed by atoms with van der Waals surface area (Å²) in [7, 11) is 0. The van der Waals surface area contributed by atoms with E-state index >= 15 is 0 Å². The lowest BCUT2D eigenvalue weighted by molar-refractivity contribution is 0.614. The van der Waals surface area contributed by atoms with Crippen LogP contribution in [0.1, 0.15) is 11.1 Å². The third-order valence-electron chi connectivity index (χ3n) is 2.44. The quantitative estimate of drug-likeness (QED) is 0.516. The molecule has 3 N–H and O–H groups in total. The van der Waals surface area contributed by atoms with Gasteiger partial charge in [-0.3, -0.25) is 5.41 Å². The van der Waals surface area contributed by atoms with Crippen molar-refractivity contribution in [2.75, 3.05) is 0 Å². The van der Waals surface area contributed by atoms with Gasteiger partial charge in [-0.15, -0.1) is 11.8 Å². The van der Waals surface area contributed by atoms with Gasteiger partial charge in [0.2, 0.25) is 0 Å². The van der Waals surface area contributed by atoms with Crippen molar-refractivity contribution in [3.8, 4) is 0 Å². The van der Waals surface area contributed by atoms with Crippen molar-refractivity contribution < 1.29 is 4.39 Å². The van der Waals surface area contributed by atoms with Gasteiger partial charge in [0.1, 0.15) is 11.7 Å². The summed E-state index contributed by atoms with van der Waals surface area (Å²) in [6.07, 6.45) is 1.55. The fourth-order valence-corrected chi connectivity index (χ4v) is 2.43. The van der Waals surface area contributed by atoms with E-state index in [0.29, 0.717) is 16.3 Å². The van der Waals surface area contributed by atoms with Crippen LogP contribution in [0.4, 0.5) is 4.39 Å². The maximum atomic E-state index is 14.0. The molecule has 0 aliphatic carbocycles. The molecule has 6 heteroatoms. The number of amidine groups is 1.